The number of anilines is 1. The van der Waals surface area contributed by atoms with Crippen molar-refractivity contribution in [3.05, 3.63) is 29.8 Å². The number of benzene rings is 1. The van der Waals surface area contributed by atoms with Gasteiger partial charge in [-0.25, -0.2) is 0 Å². The number of carbonyl (C=O) groups is 1. The van der Waals surface area contributed by atoms with E-state index in [0.717, 1.165) is 11.3 Å². The van der Waals surface area contributed by atoms with Crippen molar-refractivity contribution in [3.63, 3.8) is 0 Å². The van der Waals surface area contributed by atoms with Gasteiger partial charge in [-0.2, -0.15) is 0 Å². The summed E-state index contributed by atoms with van der Waals surface area (Å²) >= 11 is 0. The zero-order chi connectivity index (χ0) is 14.3. The number of aryl methyl sites for hydroxylation is 1. The van der Waals surface area contributed by atoms with Gasteiger partial charge in [-0.05, 0) is 35.4 Å². The van der Waals surface area contributed by atoms with Crippen molar-refractivity contribution < 1.29 is 4.79 Å². The average Bonchev–Trinajstić information content (AvgIpc) is 2.66. The Morgan fingerprint density at radius 2 is 1.84 bits per heavy atom. The third-order valence-electron chi connectivity index (χ3n) is 4.79. The lowest BCUT2D eigenvalue weighted by atomic mass is 10.0. The van der Waals surface area contributed by atoms with Gasteiger partial charge in [0.2, 0.25) is 5.91 Å². The Balaban J connectivity index is 1.84. The molecule has 1 saturated carbocycles. The molecule has 1 amide bonds. The third-order valence-corrected chi connectivity index (χ3v) is 4.79. The lowest BCUT2D eigenvalue weighted by molar-refractivity contribution is -0.115. The standard InChI is InChI=1S/C16H24N2O/c1-11-7-6-8-12(9-11)18-13(19)10-17-14-15(2,3)16(14,4)5/h6-9,14,17H,10H2,1-5H3,(H,18,19). The van der Waals surface area contributed by atoms with E-state index in [1.54, 1.807) is 0 Å². The fourth-order valence-electron chi connectivity index (χ4n) is 2.83. The number of carbonyl (C=O) groups excluding carboxylic acids is 1. The first-order chi connectivity index (χ1) is 8.75. The molecule has 1 fully saturated rings. The number of rotatable bonds is 4. The highest BCUT2D eigenvalue weighted by Crippen LogP contribution is 2.62. The Kier molecular flexibility index (Phi) is 3.43. The quantitative estimate of drug-likeness (QED) is 0.874. The second-order valence-electron chi connectivity index (χ2n) is 6.67. The van der Waals surface area contributed by atoms with Crippen LogP contribution < -0.4 is 10.6 Å². The lowest BCUT2D eigenvalue weighted by Gasteiger charge is -2.08. The Morgan fingerprint density at radius 3 is 2.37 bits per heavy atom. The fourth-order valence-corrected chi connectivity index (χ4v) is 2.83. The largest absolute Gasteiger partial charge is 0.325 e. The SMILES string of the molecule is Cc1cccc(NC(=O)CNC2C(C)(C)C2(C)C)c1. The smallest absolute Gasteiger partial charge is 0.238 e. The highest BCUT2D eigenvalue weighted by atomic mass is 16.1. The molecule has 19 heavy (non-hydrogen) atoms. The molecule has 2 N–H and O–H groups in total. The van der Waals surface area contributed by atoms with Gasteiger partial charge in [-0.3, -0.25) is 4.79 Å². The summed E-state index contributed by atoms with van der Waals surface area (Å²) < 4.78 is 0. The van der Waals surface area contributed by atoms with Gasteiger partial charge in [0.1, 0.15) is 0 Å². The second kappa shape index (κ2) is 4.64. The number of hydrogen-bond acceptors (Lipinski definition) is 2. The third kappa shape index (κ3) is 2.66. The van der Waals surface area contributed by atoms with Crippen LogP contribution in [0, 0.1) is 17.8 Å². The molecule has 2 rings (SSSR count). The summed E-state index contributed by atoms with van der Waals surface area (Å²) in [5.74, 6) is 0.0177. The van der Waals surface area contributed by atoms with Crippen molar-refractivity contribution in [2.75, 3.05) is 11.9 Å². The van der Waals surface area contributed by atoms with Gasteiger partial charge in [0.05, 0.1) is 6.54 Å². The molecule has 0 aromatic heterocycles. The van der Waals surface area contributed by atoms with Gasteiger partial charge in [-0.15, -0.1) is 0 Å². The van der Waals surface area contributed by atoms with Crippen LogP contribution in [0.1, 0.15) is 33.3 Å². The fraction of sp³-hybridized carbons (Fsp3) is 0.562. The van der Waals surface area contributed by atoms with Crippen LogP contribution in [0.25, 0.3) is 0 Å². The first kappa shape index (κ1) is 14.1. The molecule has 0 spiro atoms. The van der Waals surface area contributed by atoms with Crippen LogP contribution in [0.3, 0.4) is 0 Å². The van der Waals surface area contributed by atoms with Gasteiger partial charge in [0.25, 0.3) is 0 Å². The molecule has 3 heteroatoms. The van der Waals surface area contributed by atoms with Crippen molar-refractivity contribution in [1.29, 1.82) is 0 Å². The van der Waals surface area contributed by atoms with Crippen molar-refractivity contribution in [3.8, 4) is 0 Å². The Bertz CT molecular complexity index is 477. The molecule has 0 saturated heterocycles. The van der Waals surface area contributed by atoms with E-state index in [1.807, 2.05) is 31.2 Å². The molecular weight excluding hydrogens is 236 g/mol. The van der Waals surface area contributed by atoms with Gasteiger partial charge in [-0.1, -0.05) is 39.8 Å². The molecular formula is C16H24N2O. The summed E-state index contributed by atoms with van der Waals surface area (Å²) in [4.78, 5) is 11.9. The van der Waals surface area contributed by atoms with E-state index in [1.165, 1.54) is 0 Å². The van der Waals surface area contributed by atoms with Crippen molar-refractivity contribution in [2.24, 2.45) is 10.8 Å². The zero-order valence-corrected chi connectivity index (χ0v) is 12.5. The molecule has 1 aliphatic carbocycles. The van der Waals surface area contributed by atoms with E-state index in [2.05, 4.69) is 38.3 Å². The minimum absolute atomic E-state index is 0.0177. The van der Waals surface area contributed by atoms with Crippen LogP contribution in [0.2, 0.25) is 0 Å². The molecule has 0 atom stereocenters. The summed E-state index contributed by atoms with van der Waals surface area (Å²) in [6, 6.07) is 8.26. The number of amides is 1. The average molecular weight is 260 g/mol. The predicted octanol–water partition coefficient (Wildman–Crippen LogP) is 2.96. The molecule has 0 unspecified atom stereocenters. The number of nitrogens with one attached hydrogen (secondary N) is 2. The zero-order valence-electron chi connectivity index (χ0n) is 12.5. The predicted molar refractivity (Wildman–Crippen MR) is 79.2 cm³/mol. The Hall–Kier alpha value is -1.35. The minimum atomic E-state index is 0.0177. The first-order valence-electron chi connectivity index (χ1n) is 6.85. The molecule has 3 nitrogen and oxygen atoms in total. The van der Waals surface area contributed by atoms with Crippen LogP contribution in [0.15, 0.2) is 24.3 Å². The summed E-state index contributed by atoms with van der Waals surface area (Å²) in [5.41, 5.74) is 2.53. The second-order valence-corrected chi connectivity index (χ2v) is 6.67. The van der Waals surface area contributed by atoms with Crippen LogP contribution in [-0.2, 0) is 4.79 Å². The van der Waals surface area contributed by atoms with E-state index in [4.69, 9.17) is 0 Å². The Labute approximate surface area is 115 Å². The normalized spacial score (nSPS) is 20.1. The first-order valence-corrected chi connectivity index (χ1v) is 6.85. The van der Waals surface area contributed by atoms with Gasteiger partial charge in [0.15, 0.2) is 0 Å². The van der Waals surface area contributed by atoms with Crippen LogP contribution in [0.5, 0.6) is 0 Å². The van der Waals surface area contributed by atoms with Crippen LogP contribution >= 0.6 is 0 Å². The van der Waals surface area contributed by atoms with Crippen LogP contribution in [-0.4, -0.2) is 18.5 Å². The van der Waals surface area contributed by atoms with E-state index >= 15 is 0 Å². The minimum Gasteiger partial charge on any atom is -0.325 e. The summed E-state index contributed by atoms with van der Waals surface area (Å²) in [6.45, 7) is 11.3. The molecule has 104 valence electrons. The maximum Gasteiger partial charge on any atom is 0.238 e. The number of hydrogen-bond donors (Lipinski definition) is 2. The maximum absolute atomic E-state index is 11.9. The molecule has 0 radical (unpaired) electrons. The van der Waals surface area contributed by atoms with Crippen molar-refractivity contribution in [2.45, 2.75) is 40.7 Å². The van der Waals surface area contributed by atoms with Crippen LogP contribution in [0.4, 0.5) is 5.69 Å². The lowest BCUT2D eigenvalue weighted by Crippen LogP contribution is -2.32. The van der Waals surface area contributed by atoms with Gasteiger partial charge >= 0.3 is 0 Å². The van der Waals surface area contributed by atoms with Crippen molar-refractivity contribution >= 4 is 11.6 Å². The van der Waals surface area contributed by atoms with Crippen molar-refractivity contribution in [1.82, 2.24) is 5.32 Å². The van der Waals surface area contributed by atoms with E-state index < -0.39 is 0 Å². The molecule has 1 aromatic rings. The highest BCUT2D eigenvalue weighted by Gasteiger charge is 2.64. The summed E-state index contributed by atoms with van der Waals surface area (Å²) in [7, 11) is 0. The molecule has 1 aromatic carbocycles. The van der Waals surface area contributed by atoms with Gasteiger partial charge in [0, 0.05) is 11.7 Å². The topological polar surface area (TPSA) is 41.1 Å². The monoisotopic (exact) mass is 260 g/mol. The summed E-state index contributed by atoms with van der Waals surface area (Å²) in [6.07, 6.45) is 0. The van der Waals surface area contributed by atoms with E-state index in [-0.39, 0.29) is 16.7 Å². The molecule has 0 heterocycles. The Morgan fingerprint density at radius 1 is 1.21 bits per heavy atom. The molecule has 1 aliphatic rings. The molecule has 0 aliphatic heterocycles. The maximum atomic E-state index is 11.9. The van der Waals surface area contributed by atoms with E-state index in [9.17, 15) is 4.79 Å². The van der Waals surface area contributed by atoms with Gasteiger partial charge < -0.3 is 10.6 Å². The molecule has 0 bridgehead atoms. The van der Waals surface area contributed by atoms with E-state index in [0.29, 0.717) is 12.6 Å². The highest BCUT2D eigenvalue weighted by molar-refractivity contribution is 5.92. The summed E-state index contributed by atoms with van der Waals surface area (Å²) in [5, 5.41) is 6.28.